The minimum absolute atomic E-state index is 0.0257. The van der Waals surface area contributed by atoms with Gasteiger partial charge in [-0.15, -0.1) is 0 Å². The Morgan fingerprint density at radius 1 is 0.345 bits per heavy atom. The molecule has 0 heterocycles. The number of carbonyl (C=O) groups is 3. The second-order valence-corrected chi connectivity index (χ2v) is 22.3. The Hall–Kier alpha value is -4.90. The average molecular weight is 1190 g/mol. The summed E-state index contributed by atoms with van der Waals surface area (Å²) >= 11 is 0. The van der Waals surface area contributed by atoms with Crippen LogP contribution in [0.2, 0.25) is 0 Å². The molecule has 0 fully saturated rings. The first-order valence-electron chi connectivity index (χ1n) is 32.4. The van der Waals surface area contributed by atoms with Gasteiger partial charge in [-0.25, -0.2) is 4.57 Å². The fraction of sp³-hybridized carbons (Fsp3) is 0.597. The number of unbranched alkanes of at least 4 members (excludes halogenated alkanes) is 15. The van der Waals surface area contributed by atoms with Crippen LogP contribution in [-0.2, 0) is 42.2 Å². The van der Waals surface area contributed by atoms with Crippen molar-refractivity contribution in [2.24, 2.45) is 0 Å². The highest BCUT2D eigenvalue weighted by Crippen LogP contribution is 2.43. The van der Waals surface area contributed by atoms with E-state index in [9.17, 15) is 28.9 Å². The van der Waals surface area contributed by atoms with Crippen LogP contribution >= 0.6 is 7.82 Å². The first-order valence-corrected chi connectivity index (χ1v) is 33.9. The van der Waals surface area contributed by atoms with Gasteiger partial charge in [0.05, 0.1) is 19.8 Å². The van der Waals surface area contributed by atoms with Gasteiger partial charge in [0, 0.05) is 19.3 Å². The lowest BCUT2D eigenvalue weighted by atomic mass is 10.1. The molecule has 0 aliphatic rings. The Bertz CT molecular complexity index is 2020. The molecule has 2 N–H and O–H groups in total. The van der Waals surface area contributed by atoms with Crippen molar-refractivity contribution in [1.82, 2.24) is 0 Å². The highest BCUT2D eigenvalue weighted by Gasteiger charge is 2.28. The number of phosphoric ester groups is 1. The summed E-state index contributed by atoms with van der Waals surface area (Å²) in [5.74, 6) is -1.62. The Morgan fingerprint density at radius 2 is 0.643 bits per heavy atom. The predicted molar refractivity (Wildman–Crippen MR) is 352 cm³/mol. The Morgan fingerprint density at radius 3 is 1.04 bits per heavy atom. The van der Waals surface area contributed by atoms with E-state index in [0.717, 1.165) is 116 Å². The monoisotopic (exact) mass is 1190 g/mol. The van der Waals surface area contributed by atoms with Crippen LogP contribution in [0.4, 0.5) is 0 Å². The van der Waals surface area contributed by atoms with Crippen molar-refractivity contribution in [3.63, 3.8) is 0 Å². The van der Waals surface area contributed by atoms with Crippen LogP contribution in [0, 0.1) is 0 Å². The van der Waals surface area contributed by atoms with Crippen LogP contribution < -0.4 is 0 Å². The Balaban J connectivity index is 4.87. The molecule has 84 heavy (non-hydrogen) atoms. The fourth-order valence-electron chi connectivity index (χ4n) is 8.09. The summed E-state index contributed by atoms with van der Waals surface area (Å²) in [7, 11) is -4.80. The van der Waals surface area contributed by atoms with Gasteiger partial charge >= 0.3 is 25.7 Å². The largest absolute Gasteiger partial charge is 0.472 e. The summed E-state index contributed by atoms with van der Waals surface area (Å²) in [4.78, 5) is 48.8. The van der Waals surface area contributed by atoms with E-state index in [0.29, 0.717) is 25.7 Å². The van der Waals surface area contributed by atoms with Gasteiger partial charge in [0.15, 0.2) is 6.10 Å². The molecule has 11 nitrogen and oxygen atoms in total. The molecular formula is C72H115O11P. The van der Waals surface area contributed by atoms with Gasteiger partial charge in [-0.3, -0.25) is 23.4 Å². The summed E-state index contributed by atoms with van der Waals surface area (Å²) in [5.41, 5.74) is 0. The van der Waals surface area contributed by atoms with Crippen molar-refractivity contribution >= 4 is 25.7 Å². The fourth-order valence-corrected chi connectivity index (χ4v) is 8.87. The number of aliphatic hydroxyl groups excluding tert-OH is 1. The molecule has 0 aromatic rings. The smallest absolute Gasteiger partial charge is 0.462 e. The first-order chi connectivity index (χ1) is 41.2. The third kappa shape index (κ3) is 61.7. The second-order valence-electron chi connectivity index (χ2n) is 20.8. The molecule has 0 aliphatic heterocycles. The lowest BCUT2D eigenvalue weighted by Crippen LogP contribution is -2.30. The molecule has 0 radical (unpaired) electrons. The summed E-state index contributed by atoms with van der Waals surface area (Å²) in [6, 6.07) is 0. The van der Waals surface area contributed by atoms with Crippen LogP contribution in [0.1, 0.15) is 239 Å². The molecule has 0 spiro atoms. The topological polar surface area (TPSA) is 155 Å². The van der Waals surface area contributed by atoms with Crippen LogP contribution in [0.5, 0.6) is 0 Å². The predicted octanol–water partition coefficient (Wildman–Crippen LogP) is 20.0. The molecule has 0 bridgehead atoms. The minimum Gasteiger partial charge on any atom is -0.462 e. The van der Waals surface area contributed by atoms with E-state index in [1.807, 2.05) is 12.2 Å². The SMILES string of the molecule is CC/C=C\C/C=C\C/C=C\C/C=C\C/C=C\C/C=C\CCC(=O)OC(COC(=O)CCCCC/C=C\C/C=C\C/C=C\C/C=C\C/C=C\CC)COP(=O)(O)OCC(CO)OC(=O)CCCCCCCCCCC/C=C\C/C=C\CCCCC. The lowest BCUT2D eigenvalue weighted by molar-refractivity contribution is -0.161. The maximum atomic E-state index is 13.0. The molecule has 3 atom stereocenters. The molecule has 0 saturated carbocycles. The molecule has 0 aromatic heterocycles. The summed E-state index contributed by atoms with van der Waals surface area (Å²) in [5, 5.41) is 9.87. The van der Waals surface area contributed by atoms with Gasteiger partial charge in [-0.05, 0) is 135 Å². The first kappa shape index (κ1) is 79.1. The van der Waals surface area contributed by atoms with Gasteiger partial charge in [0.25, 0.3) is 0 Å². The zero-order chi connectivity index (χ0) is 61.2. The van der Waals surface area contributed by atoms with Gasteiger partial charge in [-0.1, -0.05) is 243 Å². The van der Waals surface area contributed by atoms with E-state index in [1.165, 1.54) is 57.8 Å². The molecule has 0 rings (SSSR count). The number of aliphatic hydroxyl groups is 1. The Labute approximate surface area is 511 Å². The maximum absolute atomic E-state index is 13.0. The van der Waals surface area contributed by atoms with Crippen molar-refractivity contribution in [3.8, 4) is 0 Å². The third-order valence-electron chi connectivity index (χ3n) is 12.9. The lowest BCUT2D eigenvalue weighted by Gasteiger charge is -2.21. The normalized spacial score (nSPS) is 14.3. The van der Waals surface area contributed by atoms with Crippen molar-refractivity contribution in [3.05, 3.63) is 158 Å². The van der Waals surface area contributed by atoms with Crippen LogP contribution in [0.15, 0.2) is 158 Å². The van der Waals surface area contributed by atoms with E-state index in [2.05, 4.69) is 167 Å². The van der Waals surface area contributed by atoms with Crippen LogP contribution in [0.25, 0.3) is 0 Å². The van der Waals surface area contributed by atoms with E-state index in [-0.39, 0.29) is 19.3 Å². The number of phosphoric acid groups is 1. The second kappa shape index (κ2) is 64.1. The standard InChI is InChI=1S/C72H115O11P/c1-4-7-10-13-16-19-22-25-28-31-34-37-40-43-46-49-52-55-58-61-70(74)79-65-69(83-72(76)63-60-57-54-51-48-45-42-39-36-33-30-27-24-21-18-15-12-9-6-3)67-81-84(77,78)80-66-68(64-73)82-71(75)62-59-56-53-50-47-44-41-38-35-32-29-26-23-20-17-14-11-8-5-2/h7,9-10,12,16-21,25-30,34,36-37,39,43,45-46,48,54,57,68-69,73H,4-6,8,11,13-15,22-24,31-33,35,38,40-42,44,47,49-53,55-56,58-67H2,1-3H3,(H,77,78)/b10-7-,12-9-,19-16-,20-17-,21-18-,28-25-,29-26-,30-27-,37-34-,39-36-,46-43-,48-45-,57-54-. The zero-order valence-electron chi connectivity index (χ0n) is 52.6. The maximum Gasteiger partial charge on any atom is 0.472 e. The number of hydrogen-bond acceptors (Lipinski definition) is 10. The van der Waals surface area contributed by atoms with E-state index >= 15 is 0 Å². The van der Waals surface area contributed by atoms with E-state index in [1.54, 1.807) is 0 Å². The molecule has 12 heteroatoms. The zero-order valence-corrected chi connectivity index (χ0v) is 53.4. The van der Waals surface area contributed by atoms with Gasteiger partial charge in [-0.2, -0.15) is 0 Å². The number of carbonyl (C=O) groups excluding carboxylic acids is 3. The van der Waals surface area contributed by atoms with Gasteiger partial charge in [0.1, 0.15) is 12.7 Å². The van der Waals surface area contributed by atoms with Gasteiger partial charge in [0.2, 0.25) is 0 Å². The summed E-state index contributed by atoms with van der Waals surface area (Å²) in [6.07, 6.45) is 84.9. The number of allylic oxidation sites excluding steroid dienone is 26. The number of rotatable bonds is 58. The van der Waals surface area contributed by atoms with Crippen molar-refractivity contribution in [1.29, 1.82) is 0 Å². The molecule has 3 unspecified atom stereocenters. The highest BCUT2D eigenvalue weighted by atomic mass is 31.2. The molecule has 0 aliphatic carbocycles. The molecular weight excluding hydrogens is 1070 g/mol. The quantitative estimate of drug-likeness (QED) is 0.0197. The van der Waals surface area contributed by atoms with Crippen molar-refractivity contribution in [2.45, 2.75) is 251 Å². The Kier molecular flexibility index (Phi) is 60.4. The van der Waals surface area contributed by atoms with Crippen molar-refractivity contribution < 1.29 is 52.2 Å². The van der Waals surface area contributed by atoms with Crippen LogP contribution in [0.3, 0.4) is 0 Å². The highest BCUT2D eigenvalue weighted by molar-refractivity contribution is 7.47. The summed E-state index contributed by atoms with van der Waals surface area (Å²) in [6.45, 7) is 4.27. The van der Waals surface area contributed by atoms with Crippen molar-refractivity contribution in [2.75, 3.05) is 26.4 Å². The minimum atomic E-state index is -4.80. The van der Waals surface area contributed by atoms with E-state index in [4.69, 9.17) is 23.3 Å². The number of hydrogen-bond donors (Lipinski definition) is 2. The number of esters is 3. The molecule has 0 amide bonds. The molecule has 474 valence electrons. The molecule has 0 saturated heterocycles. The summed E-state index contributed by atoms with van der Waals surface area (Å²) < 4.78 is 39.6. The van der Waals surface area contributed by atoms with Gasteiger partial charge < -0.3 is 24.2 Å². The molecule has 0 aromatic carbocycles. The van der Waals surface area contributed by atoms with E-state index < -0.39 is 64.4 Å². The number of ether oxygens (including phenoxy) is 3. The third-order valence-corrected chi connectivity index (χ3v) is 13.9. The average Bonchev–Trinajstić information content (AvgIpc) is 3.53. The van der Waals surface area contributed by atoms with Crippen LogP contribution in [-0.4, -0.2) is 66.5 Å².